The van der Waals surface area contributed by atoms with Gasteiger partial charge in [0.25, 0.3) is 0 Å². The van der Waals surface area contributed by atoms with E-state index in [4.69, 9.17) is 5.11 Å². The summed E-state index contributed by atoms with van der Waals surface area (Å²) in [5.74, 6) is -0.201. The number of rotatable bonds is 7. The van der Waals surface area contributed by atoms with Crippen LogP contribution in [0.5, 0.6) is 0 Å². The summed E-state index contributed by atoms with van der Waals surface area (Å²) >= 11 is 0. The SMILES string of the molecule is CCCN(CCO)c1cccc(F)c1C(C)NC. The molecule has 0 aliphatic heterocycles. The van der Waals surface area contributed by atoms with Gasteiger partial charge in [0, 0.05) is 30.4 Å². The molecule has 1 atom stereocenters. The van der Waals surface area contributed by atoms with Crippen LogP contribution in [0.4, 0.5) is 10.1 Å². The predicted octanol–water partition coefficient (Wildman–Crippen LogP) is 2.31. The third-order valence-corrected chi connectivity index (χ3v) is 3.10. The van der Waals surface area contributed by atoms with Crippen LogP contribution < -0.4 is 10.2 Å². The fourth-order valence-electron chi connectivity index (χ4n) is 2.12. The number of hydrogen-bond donors (Lipinski definition) is 2. The van der Waals surface area contributed by atoms with Crippen molar-refractivity contribution in [2.75, 3.05) is 31.6 Å². The summed E-state index contributed by atoms with van der Waals surface area (Å²) in [6.07, 6.45) is 0.962. The summed E-state index contributed by atoms with van der Waals surface area (Å²) < 4.78 is 14.0. The second-order valence-corrected chi connectivity index (χ2v) is 4.39. The topological polar surface area (TPSA) is 35.5 Å². The Bertz CT molecular complexity index is 365. The monoisotopic (exact) mass is 254 g/mol. The molecule has 18 heavy (non-hydrogen) atoms. The third-order valence-electron chi connectivity index (χ3n) is 3.10. The van der Waals surface area contributed by atoms with Gasteiger partial charge in [-0.3, -0.25) is 0 Å². The minimum atomic E-state index is -0.201. The molecule has 0 heterocycles. The zero-order chi connectivity index (χ0) is 13.5. The van der Waals surface area contributed by atoms with Crippen LogP contribution in [0.3, 0.4) is 0 Å². The number of benzene rings is 1. The summed E-state index contributed by atoms with van der Waals surface area (Å²) in [5.41, 5.74) is 1.54. The highest BCUT2D eigenvalue weighted by atomic mass is 19.1. The molecule has 3 nitrogen and oxygen atoms in total. The molecule has 2 N–H and O–H groups in total. The molecule has 0 fully saturated rings. The number of aliphatic hydroxyl groups excluding tert-OH is 1. The number of nitrogens with zero attached hydrogens (tertiary/aromatic N) is 1. The number of halogens is 1. The van der Waals surface area contributed by atoms with E-state index in [0.29, 0.717) is 12.1 Å². The number of nitrogens with one attached hydrogen (secondary N) is 1. The second-order valence-electron chi connectivity index (χ2n) is 4.39. The van der Waals surface area contributed by atoms with E-state index in [0.717, 1.165) is 18.7 Å². The molecule has 1 rings (SSSR count). The Hall–Kier alpha value is -1.13. The maximum absolute atomic E-state index is 14.0. The predicted molar refractivity (Wildman–Crippen MR) is 73.5 cm³/mol. The van der Waals surface area contributed by atoms with Crippen molar-refractivity contribution in [1.82, 2.24) is 5.32 Å². The second kappa shape index (κ2) is 7.34. The Balaban J connectivity index is 3.15. The molecule has 1 aromatic rings. The quantitative estimate of drug-likeness (QED) is 0.784. The molecule has 0 aromatic heterocycles. The fraction of sp³-hybridized carbons (Fsp3) is 0.571. The van der Waals surface area contributed by atoms with Gasteiger partial charge in [0.1, 0.15) is 5.82 Å². The summed E-state index contributed by atoms with van der Waals surface area (Å²) in [5, 5.41) is 12.2. The molecule has 0 aliphatic rings. The summed E-state index contributed by atoms with van der Waals surface area (Å²) in [7, 11) is 1.82. The highest BCUT2D eigenvalue weighted by Gasteiger charge is 2.18. The van der Waals surface area contributed by atoms with Crippen molar-refractivity contribution >= 4 is 5.69 Å². The lowest BCUT2D eigenvalue weighted by molar-refractivity contribution is 0.301. The number of hydrogen-bond acceptors (Lipinski definition) is 3. The molecule has 4 heteroatoms. The van der Waals surface area contributed by atoms with Gasteiger partial charge in [0.15, 0.2) is 0 Å². The molecule has 0 amide bonds. The summed E-state index contributed by atoms with van der Waals surface area (Å²) in [6, 6.07) is 5.06. The van der Waals surface area contributed by atoms with Crippen molar-refractivity contribution in [2.45, 2.75) is 26.3 Å². The van der Waals surface area contributed by atoms with Crippen LogP contribution in [0.1, 0.15) is 31.9 Å². The van der Waals surface area contributed by atoms with Gasteiger partial charge in [-0.2, -0.15) is 0 Å². The minimum absolute atomic E-state index is 0.0563. The highest BCUT2D eigenvalue weighted by molar-refractivity contribution is 5.55. The number of anilines is 1. The van der Waals surface area contributed by atoms with Crippen LogP contribution in [-0.4, -0.2) is 31.9 Å². The van der Waals surface area contributed by atoms with E-state index in [2.05, 4.69) is 12.2 Å². The lowest BCUT2D eigenvalue weighted by Gasteiger charge is -2.28. The molecule has 1 unspecified atom stereocenters. The first kappa shape index (κ1) is 14.9. The summed E-state index contributed by atoms with van der Waals surface area (Å²) in [6.45, 7) is 5.42. The first-order valence-corrected chi connectivity index (χ1v) is 6.47. The maximum atomic E-state index is 14.0. The smallest absolute Gasteiger partial charge is 0.130 e. The van der Waals surface area contributed by atoms with Gasteiger partial charge in [-0.05, 0) is 32.5 Å². The Kier molecular flexibility index (Phi) is 6.09. The lowest BCUT2D eigenvalue weighted by atomic mass is 10.0. The van der Waals surface area contributed by atoms with Crippen LogP contribution in [0.15, 0.2) is 18.2 Å². The molecule has 0 saturated heterocycles. The van der Waals surface area contributed by atoms with Gasteiger partial charge in [0.05, 0.1) is 6.61 Å². The molecule has 102 valence electrons. The van der Waals surface area contributed by atoms with Gasteiger partial charge >= 0.3 is 0 Å². The average Bonchev–Trinajstić information content (AvgIpc) is 2.37. The highest BCUT2D eigenvalue weighted by Crippen LogP contribution is 2.28. The Morgan fingerprint density at radius 2 is 2.11 bits per heavy atom. The lowest BCUT2D eigenvalue weighted by Crippen LogP contribution is -2.30. The van der Waals surface area contributed by atoms with Crippen molar-refractivity contribution < 1.29 is 9.50 Å². The van der Waals surface area contributed by atoms with E-state index in [1.165, 1.54) is 6.07 Å². The third kappa shape index (κ3) is 3.43. The molecular weight excluding hydrogens is 231 g/mol. The summed E-state index contributed by atoms with van der Waals surface area (Å²) in [4.78, 5) is 2.03. The van der Waals surface area contributed by atoms with Crippen molar-refractivity contribution in [1.29, 1.82) is 0 Å². The van der Waals surface area contributed by atoms with E-state index >= 15 is 0 Å². The Morgan fingerprint density at radius 3 is 2.67 bits per heavy atom. The first-order valence-electron chi connectivity index (χ1n) is 6.47. The van der Waals surface area contributed by atoms with Crippen molar-refractivity contribution in [2.24, 2.45) is 0 Å². The standard InChI is InChI=1S/C14H23FN2O/c1-4-8-17(9-10-18)13-7-5-6-12(15)14(13)11(2)16-3/h5-7,11,16,18H,4,8-10H2,1-3H3. The van der Waals surface area contributed by atoms with Gasteiger partial charge in [-0.1, -0.05) is 13.0 Å². The van der Waals surface area contributed by atoms with E-state index in [-0.39, 0.29) is 18.5 Å². The molecule has 0 saturated carbocycles. The number of aliphatic hydroxyl groups is 1. The van der Waals surface area contributed by atoms with E-state index < -0.39 is 0 Å². The van der Waals surface area contributed by atoms with Crippen LogP contribution in [0, 0.1) is 5.82 Å². The van der Waals surface area contributed by atoms with Crippen LogP contribution in [0.2, 0.25) is 0 Å². The van der Waals surface area contributed by atoms with E-state index in [1.54, 1.807) is 6.07 Å². The van der Waals surface area contributed by atoms with E-state index in [9.17, 15) is 4.39 Å². The van der Waals surface area contributed by atoms with Crippen molar-refractivity contribution in [3.05, 3.63) is 29.6 Å². The average molecular weight is 254 g/mol. The van der Waals surface area contributed by atoms with E-state index in [1.807, 2.05) is 24.9 Å². The Morgan fingerprint density at radius 1 is 1.39 bits per heavy atom. The van der Waals surface area contributed by atoms with Gasteiger partial charge in [0.2, 0.25) is 0 Å². The first-order chi connectivity index (χ1) is 8.65. The molecule has 0 radical (unpaired) electrons. The normalized spacial score (nSPS) is 12.5. The van der Waals surface area contributed by atoms with Gasteiger partial charge in [-0.15, -0.1) is 0 Å². The van der Waals surface area contributed by atoms with Crippen molar-refractivity contribution in [3.8, 4) is 0 Å². The zero-order valence-corrected chi connectivity index (χ0v) is 11.4. The maximum Gasteiger partial charge on any atom is 0.130 e. The molecular formula is C14H23FN2O. The minimum Gasteiger partial charge on any atom is -0.395 e. The Labute approximate surface area is 109 Å². The molecule has 1 aromatic carbocycles. The largest absolute Gasteiger partial charge is 0.395 e. The molecule has 0 bridgehead atoms. The van der Waals surface area contributed by atoms with Crippen LogP contribution in [-0.2, 0) is 0 Å². The van der Waals surface area contributed by atoms with Gasteiger partial charge < -0.3 is 15.3 Å². The van der Waals surface area contributed by atoms with Crippen LogP contribution >= 0.6 is 0 Å². The molecule has 0 aliphatic carbocycles. The zero-order valence-electron chi connectivity index (χ0n) is 11.4. The fourth-order valence-corrected chi connectivity index (χ4v) is 2.12. The van der Waals surface area contributed by atoms with Crippen LogP contribution in [0.25, 0.3) is 0 Å². The van der Waals surface area contributed by atoms with Crippen molar-refractivity contribution in [3.63, 3.8) is 0 Å². The van der Waals surface area contributed by atoms with Gasteiger partial charge in [-0.25, -0.2) is 4.39 Å². The molecule has 0 spiro atoms.